The minimum Gasteiger partial charge on any atom is -0.507 e. The Hall–Kier alpha value is -3.65. The number of benzene rings is 2. The van der Waals surface area contributed by atoms with Gasteiger partial charge in [0.05, 0.1) is 5.70 Å². The number of carbonyl (C=O) groups is 1. The van der Waals surface area contributed by atoms with Gasteiger partial charge in [0.1, 0.15) is 11.4 Å². The number of carbonyl (C=O) groups excluding carboxylic acids is 1. The zero-order valence-corrected chi connectivity index (χ0v) is 24.1. The molecular formula is C32H45N5O3. The molecule has 8 heteroatoms. The van der Waals surface area contributed by atoms with Gasteiger partial charge in [-0.3, -0.25) is 0 Å². The molecule has 2 aromatic carbocycles. The molecule has 0 saturated carbocycles. The number of rotatable bonds is 7. The van der Waals surface area contributed by atoms with Crippen molar-refractivity contribution in [1.29, 1.82) is 0 Å². The number of hydrogen-bond donors (Lipinski definition) is 4. The molecule has 0 bridgehead atoms. The molecule has 0 aliphatic carbocycles. The van der Waals surface area contributed by atoms with E-state index in [1.165, 1.54) is 5.56 Å². The second-order valence-electron chi connectivity index (χ2n) is 12.0. The van der Waals surface area contributed by atoms with Crippen molar-refractivity contribution in [1.82, 2.24) is 15.1 Å². The second kappa shape index (κ2) is 12.7. The zero-order chi connectivity index (χ0) is 28.8. The summed E-state index contributed by atoms with van der Waals surface area (Å²) in [5, 5.41) is 14.1. The first-order valence-electron chi connectivity index (χ1n) is 14.3. The van der Waals surface area contributed by atoms with E-state index >= 15 is 0 Å². The highest BCUT2D eigenvalue weighted by Gasteiger charge is 2.37. The maximum Gasteiger partial charge on any atom is 0.410 e. The Bertz CT molecular complexity index is 1190. The Morgan fingerprint density at radius 2 is 1.65 bits per heavy atom. The molecule has 6 N–H and O–H groups in total. The lowest BCUT2D eigenvalue weighted by molar-refractivity contribution is 0.0196. The van der Waals surface area contributed by atoms with Crippen molar-refractivity contribution in [2.24, 2.45) is 11.5 Å². The van der Waals surface area contributed by atoms with Gasteiger partial charge in [-0.15, -0.1) is 0 Å². The topological polar surface area (TPSA) is 117 Å². The minimum absolute atomic E-state index is 0.00722. The largest absolute Gasteiger partial charge is 0.507 e. The van der Waals surface area contributed by atoms with Gasteiger partial charge in [-0.25, -0.2) is 4.79 Å². The first kappa shape index (κ1) is 29.3. The molecule has 2 fully saturated rings. The monoisotopic (exact) mass is 547 g/mol. The predicted molar refractivity (Wildman–Crippen MR) is 160 cm³/mol. The molecule has 1 amide bonds. The van der Waals surface area contributed by atoms with Gasteiger partial charge in [0, 0.05) is 61.6 Å². The van der Waals surface area contributed by atoms with Crippen LogP contribution in [-0.4, -0.2) is 65.4 Å². The molecule has 216 valence electrons. The van der Waals surface area contributed by atoms with Crippen LogP contribution in [0.4, 0.5) is 4.79 Å². The number of nitrogens with one attached hydrogen (secondary N) is 1. The lowest BCUT2D eigenvalue weighted by Gasteiger charge is -2.45. The van der Waals surface area contributed by atoms with E-state index in [-0.39, 0.29) is 17.3 Å². The molecule has 0 aromatic heterocycles. The number of aromatic hydroxyl groups is 1. The summed E-state index contributed by atoms with van der Waals surface area (Å²) < 4.78 is 5.56. The Morgan fingerprint density at radius 1 is 1.02 bits per heavy atom. The molecule has 0 radical (unpaired) electrons. The van der Waals surface area contributed by atoms with E-state index in [2.05, 4.69) is 40.5 Å². The molecule has 2 aliphatic rings. The smallest absolute Gasteiger partial charge is 0.410 e. The molecule has 2 aliphatic heterocycles. The third kappa shape index (κ3) is 7.30. The first-order chi connectivity index (χ1) is 19.1. The predicted octanol–water partition coefficient (Wildman–Crippen LogP) is 4.51. The molecule has 0 unspecified atom stereocenters. The van der Waals surface area contributed by atoms with Crippen LogP contribution in [0.1, 0.15) is 57.6 Å². The highest BCUT2D eigenvalue weighted by Crippen LogP contribution is 2.37. The lowest BCUT2D eigenvalue weighted by atomic mass is 9.72. The van der Waals surface area contributed by atoms with Crippen molar-refractivity contribution in [3.05, 3.63) is 83.7 Å². The van der Waals surface area contributed by atoms with Gasteiger partial charge in [0.15, 0.2) is 0 Å². The van der Waals surface area contributed by atoms with Crippen LogP contribution in [0, 0.1) is 0 Å². The average molecular weight is 548 g/mol. The Morgan fingerprint density at radius 3 is 2.25 bits per heavy atom. The number of hydrogen-bond acceptors (Lipinski definition) is 7. The number of likely N-dealkylation sites (tertiary alicyclic amines) is 2. The van der Waals surface area contributed by atoms with E-state index in [4.69, 9.17) is 16.2 Å². The number of para-hydroxylation sites is 1. The van der Waals surface area contributed by atoms with Crippen LogP contribution in [-0.2, 0) is 10.2 Å². The van der Waals surface area contributed by atoms with Crippen molar-refractivity contribution in [2.75, 3.05) is 32.7 Å². The van der Waals surface area contributed by atoms with Gasteiger partial charge in [-0.05, 0) is 70.2 Å². The van der Waals surface area contributed by atoms with Crippen LogP contribution in [0.25, 0.3) is 5.70 Å². The number of piperidine rings is 2. The summed E-state index contributed by atoms with van der Waals surface area (Å²) >= 11 is 0. The van der Waals surface area contributed by atoms with Crippen LogP contribution in [0.15, 0.2) is 72.6 Å². The van der Waals surface area contributed by atoms with Crippen LogP contribution < -0.4 is 16.8 Å². The molecule has 2 saturated heterocycles. The molecular weight excluding hydrogens is 502 g/mol. The number of phenolic OH excluding ortho intramolecular Hbond substituents is 1. The van der Waals surface area contributed by atoms with E-state index in [0.717, 1.165) is 51.0 Å². The quantitative estimate of drug-likeness (QED) is 0.377. The number of amides is 1. The summed E-state index contributed by atoms with van der Waals surface area (Å²) in [6.45, 7) is 9.65. The SMILES string of the molecule is CC(C)(C)OC(=O)N1CCC(NCC2(c3ccccc3)CCN(C(/C=C(\N)c3ccccc3O)=C/N)CC2)CC1. The lowest BCUT2D eigenvalue weighted by Crippen LogP contribution is -2.52. The Kier molecular flexibility index (Phi) is 9.30. The molecule has 40 heavy (non-hydrogen) atoms. The summed E-state index contributed by atoms with van der Waals surface area (Å²) in [6.07, 6.45) is 6.96. The minimum atomic E-state index is -0.479. The Labute approximate surface area is 238 Å². The van der Waals surface area contributed by atoms with Gasteiger partial charge in [-0.1, -0.05) is 42.5 Å². The third-order valence-electron chi connectivity index (χ3n) is 8.04. The molecule has 2 heterocycles. The number of allylic oxidation sites excluding steroid dienone is 1. The van der Waals surface area contributed by atoms with Crippen LogP contribution in [0.3, 0.4) is 0 Å². The van der Waals surface area contributed by atoms with Gasteiger partial charge >= 0.3 is 6.09 Å². The molecule has 0 spiro atoms. The van der Waals surface area contributed by atoms with Gasteiger partial charge in [-0.2, -0.15) is 0 Å². The number of nitrogens with two attached hydrogens (primary N) is 2. The molecule has 4 rings (SSSR count). The number of nitrogens with zero attached hydrogens (tertiary/aromatic N) is 2. The van der Waals surface area contributed by atoms with Gasteiger partial charge in [0.25, 0.3) is 0 Å². The van der Waals surface area contributed by atoms with E-state index in [0.29, 0.717) is 30.4 Å². The van der Waals surface area contributed by atoms with Crippen molar-refractivity contribution in [3.63, 3.8) is 0 Å². The highest BCUT2D eigenvalue weighted by atomic mass is 16.6. The van der Waals surface area contributed by atoms with Crippen LogP contribution in [0.5, 0.6) is 5.75 Å². The highest BCUT2D eigenvalue weighted by molar-refractivity contribution is 5.70. The summed E-state index contributed by atoms with van der Waals surface area (Å²) in [7, 11) is 0. The second-order valence-corrected chi connectivity index (χ2v) is 12.0. The number of ether oxygens (including phenoxy) is 1. The third-order valence-corrected chi connectivity index (χ3v) is 8.04. The van der Waals surface area contributed by atoms with Gasteiger partial charge < -0.3 is 36.4 Å². The van der Waals surface area contributed by atoms with Crippen molar-refractivity contribution in [3.8, 4) is 5.75 Å². The van der Waals surface area contributed by atoms with E-state index in [1.807, 2.05) is 37.8 Å². The van der Waals surface area contributed by atoms with Crippen molar-refractivity contribution in [2.45, 2.75) is 63.5 Å². The molecule has 8 nitrogen and oxygen atoms in total. The zero-order valence-electron chi connectivity index (χ0n) is 24.1. The fraction of sp³-hybridized carbons (Fsp3) is 0.469. The summed E-state index contributed by atoms with van der Waals surface area (Å²) in [6, 6.07) is 18.2. The Balaban J connectivity index is 1.40. The maximum atomic E-state index is 12.5. The van der Waals surface area contributed by atoms with Crippen molar-refractivity contribution < 1.29 is 14.6 Å². The van der Waals surface area contributed by atoms with Crippen LogP contribution in [0.2, 0.25) is 0 Å². The normalized spacial score (nSPS) is 19.0. The first-order valence-corrected chi connectivity index (χ1v) is 14.3. The average Bonchev–Trinajstić information content (AvgIpc) is 2.95. The van der Waals surface area contributed by atoms with Gasteiger partial charge in [0.2, 0.25) is 0 Å². The molecule has 2 aromatic rings. The maximum absolute atomic E-state index is 12.5. The van der Waals surface area contributed by atoms with Crippen LogP contribution >= 0.6 is 0 Å². The molecule has 0 atom stereocenters. The van der Waals surface area contributed by atoms with E-state index in [1.54, 1.807) is 24.4 Å². The summed E-state index contributed by atoms with van der Waals surface area (Å²) in [4.78, 5) is 16.6. The van der Waals surface area contributed by atoms with Crippen molar-refractivity contribution >= 4 is 11.8 Å². The summed E-state index contributed by atoms with van der Waals surface area (Å²) in [5.74, 6) is 0.150. The fourth-order valence-corrected chi connectivity index (χ4v) is 5.68. The van der Waals surface area contributed by atoms with E-state index < -0.39 is 5.60 Å². The standard InChI is InChI=1S/C32H45N5O3/c1-31(2,3)40-30(39)37-17-13-25(14-18-37)35-23-32(24-9-5-4-6-10-24)15-19-36(20-16-32)26(22-33)21-28(34)27-11-7-8-12-29(27)38/h4-12,21-22,25,35,38H,13-20,23,33-34H2,1-3H3/b26-22+,28-21-. The summed E-state index contributed by atoms with van der Waals surface area (Å²) in [5.41, 5.74) is 15.2. The fourth-order valence-electron chi connectivity index (χ4n) is 5.68. The van der Waals surface area contributed by atoms with E-state index in [9.17, 15) is 9.90 Å². The number of phenols is 1.